The number of methoxy groups -OCH3 is 1. The third kappa shape index (κ3) is 5.40. The number of pyridine rings is 1. The molecule has 0 saturated carbocycles. The average molecular weight is 404 g/mol. The lowest BCUT2D eigenvalue weighted by atomic mass is 9.82. The summed E-state index contributed by atoms with van der Waals surface area (Å²) in [4.78, 5) is 16.0. The summed E-state index contributed by atoms with van der Waals surface area (Å²) in [7, 11) is 1.60. The maximum Gasteiger partial charge on any atom is 0.356 e. The van der Waals surface area contributed by atoms with E-state index in [1.54, 1.807) is 12.1 Å². The largest absolute Gasteiger partial charge is 0.464 e. The second kappa shape index (κ2) is 9.63. The molecule has 0 aliphatic rings. The van der Waals surface area contributed by atoms with Gasteiger partial charge in [-0.25, -0.2) is 9.78 Å². The lowest BCUT2D eigenvalue weighted by molar-refractivity contribution is 0.0593. The van der Waals surface area contributed by atoms with Gasteiger partial charge in [-0.05, 0) is 28.3 Å². The Morgan fingerprint density at radius 3 is 2.07 bits per heavy atom. The van der Waals surface area contributed by atoms with Crippen LogP contribution in [0.5, 0.6) is 0 Å². The molecule has 0 bridgehead atoms. The molecule has 1 aromatic heterocycles. The molecule has 2 radical (unpaired) electrons. The number of aromatic nitrogens is 1. The van der Waals surface area contributed by atoms with Crippen LogP contribution < -0.4 is 0 Å². The van der Waals surface area contributed by atoms with E-state index in [-0.39, 0.29) is 20.7 Å². The van der Waals surface area contributed by atoms with Gasteiger partial charge in [-0.1, -0.05) is 80.6 Å². The number of carbonyl (C=O) groups excluding carboxylic acids is 1. The number of nitrogens with zero attached hydrogens (tertiary/aromatic N) is 1. The third-order valence-electron chi connectivity index (χ3n) is 4.74. The van der Waals surface area contributed by atoms with Crippen molar-refractivity contribution >= 4 is 15.7 Å². The highest BCUT2D eigenvalue weighted by atomic mass is 28.2. The summed E-state index contributed by atoms with van der Waals surface area (Å²) in [5.74, 6) is -0.236. The van der Waals surface area contributed by atoms with Crippen molar-refractivity contribution in [3.8, 4) is 0 Å². The first-order chi connectivity index (χ1) is 14.0. The summed E-state index contributed by atoms with van der Waals surface area (Å²) in [6.07, 6.45) is 0. The molecule has 5 heteroatoms. The van der Waals surface area contributed by atoms with Gasteiger partial charge in [0.15, 0.2) is 0 Å². The Morgan fingerprint density at radius 2 is 1.52 bits per heavy atom. The molecule has 3 aromatic rings. The maximum absolute atomic E-state index is 11.7. The van der Waals surface area contributed by atoms with Crippen LogP contribution in [0.3, 0.4) is 0 Å². The van der Waals surface area contributed by atoms with E-state index in [0.29, 0.717) is 18.0 Å². The SMILES string of the molecule is COC(=O)c1cccc(CO[Si]C(C)(C)C(c2ccccc2)c2ccccc2)n1. The lowest BCUT2D eigenvalue weighted by Gasteiger charge is -2.34. The Balaban J connectivity index is 1.75. The summed E-state index contributed by atoms with van der Waals surface area (Å²) in [5, 5.41) is -0.122. The molecule has 0 atom stereocenters. The molecule has 0 amide bonds. The fourth-order valence-corrected chi connectivity index (χ4v) is 4.49. The van der Waals surface area contributed by atoms with E-state index in [1.165, 1.54) is 18.2 Å². The van der Waals surface area contributed by atoms with Gasteiger partial charge >= 0.3 is 5.97 Å². The van der Waals surface area contributed by atoms with Crippen molar-refractivity contribution in [2.45, 2.75) is 31.4 Å². The van der Waals surface area contributed by atoms with Crippen LogP contribution in [-0.4, -0.2) is 27.8 Å². The van der Waals surface area contributed by atoms with Crippen molar-refractivity contribution in [3.05, 3.63) is 101 Å². The number of ether oxygens (including phenoxy) is 1. The summed E-state index contributed by atoms with van der Waals surface area (Å²) in [6, 6.07) is 26.4. The number of hydrogen-bond donors (Lipinski definition) is 0. The Bertz CT molecular complexity index is 890. The van der Waals surface area contributed by atoms with E-state index in [2.05, 4.69) is 67.4 Å². The second-order valence-corrected chi connectivity index (χ2v) is 9.15. The highest BCUT2D eigenvalue weighted by Gasteiger charge is 2.34. The molecule has 0 spiro atoms. The first-order valence-corrected chi connectivity index (χ1v) is 10.4. The standard InChI is InChI=1S/C24H25NO3Si/c1-24(2,29-28-17-20-15-10-16-21(25-20)23(26)27-3)22(18-11-6-4-7-12-18)19-13-8-5-9-14-19/h4-16,22H,17H2,1-3H3. The van der Waals surface area contributed by atoms with Crippen LogP contribution in [0.25, 0.3) is 0 Å². The van der Waals surface area contributed by atoms with E-state index in [4.69, 9.17) is 9.16 Å². The van der Waals surface area contributed by atoms with Crippen molar-refractivity contribution in [3.63, 3.8) is 0 Å². The van der Waals surface area contributed by atoms with Crippen molar-refractivity contribution in [1.29, 1.82) is 0 Å². The first-order valence-electron chi connectivity index (χ1n) is 9.54. The Kier molecular flexibility index (Phi) is 6.96. The third-order valence-corrected chi connectivity index (χ3v) is 5.85. The highest BCUT2D eigenvalue weighted by molar-refractivity contribution is 6.32. The smallest absolute Gasteiger partial charge is 0.356 e. The summed E-state index contributed by atoms with van der Waals surface area (Å²) in [5.41, 5.74) is 3.55. The van der Waals surface area contributed by atoms with Crippen LogP contribution in [0.4, 0.5) is 0 Å². The van der Waals surface area contributed by atoms with Gasteiger partial charge in [-0.3, -0.25) is 0 Å². The molecule has 29 heavy (non-hydrogen) atoms. The molecule has 0 unspecified atom stereocenters. The quantitative estimate of drug-likeness (QED) is 0.391. The van der Waals surface area contributed by atoms with Crippen LogP contribution in [0.2, 0.25) is 5.04 Å². The van der Waals surface area contributed by atoms with E-state index >= 15 is 0 Å². The van der Waals surface area contributed by atoms with Crippen molar-refractivity contribution in [2.24, 2.45) is 0 Å². The van der Waals surface area contributed by atoms with Crippen LogP contribution in [0.15, 0.2) is 78.9 Å². The van der Waals surface area contributed by atoms with Gasteiger partial charge in [0.2, 0.25) is 9.76 Å². The number of esters is 1. The monoisotopic (exact) mass is 403 g/mol. The number of hydrogen-bond acceptors (Lipinski definition) is 4. The Labute approximate surface area is 174 Å². The molecule has 3 rings (SSSR count). The van der Waals surface area contributed by atoms with Gasteiger partial charge in [0.1, 0.15) is 5.69 Å². The van der Waals surface area contributed by atoms with Crippen molar-refractivity contribution in [2.75, 3.05) is 7.11 Å². The molecule has 4 nitrogen and oxygen atoms in total. The van der Waals surface area contributed by atoms with E-state index in [1.807, 2.05) is 18.2 Å². The number of carbonyl (C=O) groups is 1. The molecule has 0 N–H and O–H groups in total. The molecule has 0 fully saturated rings. The van der Waals surface area contributed by atoms with Gasteiger partial charge in [0.05, 0.1) is 19.4 Å². The van der Waals surface area contributed by atoms with Gasteiger partial charge in [-0.2, -0.15) is 0 Å². The molecule has 0 aliphatic carbocycles. The van der Waals surface area contributed by atoms with Crippen LogP contribution in [0.1, 0.15) is 47.1 Å². The molecule has 0 saturated heterocycles. The predicted molar refractivity (Wildman–Crippen MR) is 115 cm³/mol. The fourth-order valence-electron chi connectivity index (χ4n) is 3.45. The molecule has 1 heterocycles. The van der Waals surface area contributed by atoms with Crippen LogP contribution in [0, 0.1) is 0 Å². The summed E-state index contributed by atoms with van der Waals surface area (Å²) in [6.45, 7) is 4.81. The maximum atomic E-state index is 11.7. The van der Waals surface area contributed by atoms with Crippen LogP contribution in [-0.2, 0) is 15.8 Å². The van der Waals surface area contributed by atoms with E-state index < -0.39 is 5.97 Å². The molecular formula is C24H25NO3Si. The normalized spacial score (nSPS) is 11.4. The molecule has 2 aromatic carbocycles. The van der Waals surface area contributed by atoms with Gasteiger partial charge < -0.3 is 9.16 Å². The van der Waals surface area contributed by atoms with Gasteiger partial charge in [0, 0.05) is 5.92 Å². The van der Waals surface area contributed by atoms with Crippen molar-refractivity contribution < 1.29 is 14.0 Å². The number of benzene rings is 2. The van der Waals surface area contributed by atoms with Crippen molar-refractivity contribution in [1.82, 2.24) is 4.98 Å². The zero-order chi connectivity index (χ0) is 20.7. The molecular weight excluding hydrogens is 378 g/mol. The Morgan fingerprint density at radius 1 is 0.931 bits per heavy atom. The minimum absolute atomic E-state index is 0.122. The Hall–Kier alpha value is -2.76. The zero-order valence-corrected chi connectivity index (χ0v) is 18.0. The van der Waals surface area contributed by atoms with E-state index in [0.717, 1.165) is 0 Å². The van der Waals surface area contributed by atoms with Crippen LogP contribution >= 0.6 is 0 Å². The minimum Gasteiger partial charge on any atom is -0.464 e. The second-order valence-electron chi connectivity index (χ2n) is 7.37. The van der Waals surface area contributed by atoms with E-state index in [9.17, 15) is 4.79 Å². The zero-order valence-electron chi connectivity index (χ0n) is 17.0. The number of rotatable bonds is 8. The predicted octanol–water partition coefficient (Wildman–Crippen LogP) is 5.03. The van der Waals surface area contributed by atoms with Gasteiger partial charge in [-0.15, -0.1) is 0 Å². The summed E-state index contributed by atoms with van der Waals surface area (Å²) >= 11 is 0. The lowest BCUT2D eigenvalue weighted by Crippen LogP contribution is -2.25. The van der Waals surface area contributed by atoms with Gasteiger partial charge in [0.25, 0.3) is 0 Å². The highest BCUT2D eigenvalue weighted by Crippen LogP contribution is 2.45. The minimum atomic E-state index is -0.442. The molecule has 0 aliphatic heterocycles. The molecule has 148 valence electrons. The first kappa shape index (κ1) is 21.0. The summed E-state index contributed by atoms with van der Waals surface area (Å²) < 4.78 is 10.8. The topological polar surface area (TPSA) is 48.4 Å². The average Bonchev–Trinajstić information content (AvgIpc) is 2.75. The fraction of sp³-hybridized carbons (Fsp3) is 0.250.